The fourth-order valence-electron chi connectivity index (χ4n) is 3.37. The van der Waals surface area contributed by atoms with Gasteiger partial charge in [-0.2, -0.15) is 0 Å². The molecule has 1 fully saturated rings. The topological polar surface area (TPSA) is 56.4 Å². The maximum Gasteiger partial charge on any atom is 0.279 e. The Hall–Kier alpha value is -2.28. The highest BCUT2D eigenvalue weighted by Crippen LogP contribution is 2.16. The van der Waals surface area contributed by atoms with Crippen LogP contribution in [-0.4, -0.2) is 58.9 Å². The minimum absolute atomic E-state index is 0.0311. The van der Waals surface area contributed by atoms with Crippen LogP contribution in [0.1, 0.15) is 0 Å². The van der Waals surface area contributed by atoms with E-state index in [9.17, 15) is 4.79 Å². The molecule has 0 aliphatic carbocycles. The molecule has 2 aromatic rings. The van der Waals surface area contributed by atoms with E-state index in [1.165, 1.54) is 9.80 Å². The molecular weight excluding hydrogens is 378 g/mol. The van der Waals surface area contributed by atoms with Gasteiger partial charge in [-0.1, -0.05) is 17.7 Å². The van der Waals surface area contributed by atoms with Gasteiger partial charge in [-0.25, -0.2) is 0 Å². The van der Waals surface area contributed by atoms with Crippen LogP contribution in [-0.2, 0) is 4.79 Å². The normalized spacial score (nSPS) is 19.1. The Labute approximate surface area is 171 Å². The molecule has 6 nitrogen and oxygen atoms in total. The molecule has 1 amide bonds. The summed E-state index contributed by atoms with van der Waals surface area (Å²) in [6.45, 7) is 6.21. The second kappa shape index (κ2) is 10.3. The summed E-state index contributed by atoms with van der Waals surface area (Å²) in [5.41, 5.74) is 0.747. The van der Waals surface area contributed by atoms with Crippen molar-refractivity contribution in [2.24, 2.45) is 0 Å². The third-order valence-electron chi connectivity index (χ3n) is 4.97. The van der Waals surface area contributed by atoms with Crippen LogP contribution in [0.5, 0.6) is 11.5 Å². The number of quaternary nitrogens is 2. The van der Waals surface area contributed by atoms with E-state index in [-0.39, 0.29) is 5.91 Å². The number of hydrogen-bond donors (Lipinski definition) is 3. The van der Waals surface area contributed by atoms with Crippen molar-refractivity contribution in [2.45, 2.75) is 0 Å². The van der Waals surface area contributed by atoms with Gasteiger partial charge in [-0.15, -0.1) is 0 Å². The lowest BCUT2D eigenvalue weighted by Crippen LogP contribution is -3.28. The maximum absolute atomic E-state index is 12.2. The van der Waals surface area contributed by atoms with Crippen LogP contribution in [0.2, 0.25) is 5.02 Å². The van der Waals surface area contributed by atoms with Crippen molar-refractivity contribution in [3.63, 3.8) is 0 Å². The van der Waals surface area contributed by atoms with Crippen LogP contribution in [0.4, 0.5) is 5.69 Å². The highest BCUT2D eigenvalue weighted by atomic mass is 35.5. The van der Waals surface area contributed by atoms with Crippen LogP contribution in [0, 0.1) is 0 Å². The van der Waals surface area contributed by atoms with Crippen LogP contribution in [0.15, 0.2) is 48.5 Å². The van der Waals surface area contributed by atoms with Gasteiger partial charge in [0.1, 0.15) is 50.8 Å². The summed E-state index contributed by atoms with van der Waals surface area (Å²) < 4.78 is 11.0. The third kappa shape index (κ3) is 6.41. The van der Waals surface area contributed by atoms with Crippen LogP contribution in [0.3, 0.4) is 0 Å². The second-order valence-corrected chi connectivity index (χ2v) is 7.45. The Balaban J connectivity index is 1.33. The number of hydrogen-bond acceptors (Lipinski definition) is 3. The first-order valence-corrected chi connectivity index (χ1v) is 9.99. The van der Waals surface area contributed by atoms with Crippen molar-refractivity contribution in [1.29, 1.82) is 0 Å². The van der Waals surface area contributed by atoms with Crippen molar-refractivity contribution in [3.8, 4) is 11.5 Å². The molecule has 3 N–H and O–H groups in total. The number of amides is 1. The highest BCUT2D eigenvalue weighted by Gasteiger charge is 2.24. The van der Waals surface area contributed by atoms with E-state index < -0.39 is 0 Å². The number of carbonyl (C=O) groups is 1. The zero-order valence-corrected chi connectivity index (χ0v) is 16.9. The van der Waals surface area contributed by atoms with Gasteiger partial charge in [0.15, 0.2) is 6.54 Å². The summed E-state index contributed by atoms with van der Waals surface area (Å²) >= 11 is 5.96. The first-order valence-electron chi connectivity index (χ1n) is 9.62. The van der Waals surface area contributed by atoms with E-state index in [1.54, 1.807) is 19.2 Å². The summed E-state index contributed by atoms with van der Waals surface area (Å²) in [6, 6.07) is 14.9. The van der Waals surface area contributed by atoms with Gasteiger partial charge < -0.3 is 24.6 Å². The van der Waals surface area contributed by atoms with E-state index >= 15 is 0 Å². The van der Waals surface area contributed by atoms with Gasteiger partial charge in [0.2, 0.25) is 0 Å². The largest absolute Gasteiger partial charge is 0.497 e. The summed E-state index contributed by atoms with van der Waals surface area (Å²) in [6.07, 6.45) is 0. The zero-order chi connectivity index (χ0) is 19.8. The number of carbonyl (C=O) groups excluding carboxylic acids is 1. The van der Waals surface area contributed by atoms with Gasteiger partial charge >= 0.3 is 0 Å². The first kappa shape index (κ1) is 20.5. The average Bonchev–Trinajstić information content (AvgIpc) is 2.70. The summed E-state index contributed by atoms with van der Waals surface area (Å²) in [5.74, 6) is 1.72. The zero-order valence-electron chi connectivity index (χ0n) is 16.2. The van der Waals surface area contributed by atoms with Crippen molar-refractivity contribution >= 4 is 23.2 Å². The number of ether oxygens (including phenoxy) is 2. The number of nitrogens with one attached hydrogen (secondary N) is 3. The van der Waals surface area contributed by atoms with E-state index in [0.717, 1.165) is 49.9 Å². The molecule has 0 radical (unpaired) electrons. The summed E-state index contributed by atoms with van der Waals surface area (Å²) in [4.78, 5) is 15.1. The number of benzene rings is 2. The monoisotopic (exact) mass is 405 g/mol. The quantitative estimate of drug-likeness (QED) is 0.586. The van der Waals surface area contributed by atoms with Crippen LogP contribution < -0.4 is 24.6 Å². The van der Waals surface area contributed by atoms with Crippen molar-refractivity contribution in [2.75, 3.05) is 58.3 Å². The summed E-state index contributed by atoms with van der Waals surface area (Å²) in [7, 11) is 1.65. The van der Waals surface area contributed by atoms with Crippen molar-refractivity contribution in [1.82, 2.24) is 0 Å². The number of rotatable bonds is 8. The minimum Gasteiger partial charge on any atom is -0.497 e. The standard InChI is InChI=1S/C21H26ClN3O3/c1-27-19-5-7-20(8-6-19)28-14-13-24-9-11-25(12-10-24)16-21(26)23-18-4-2-3-17(22)15-18/h2-8,15H,9-14,16H2,1H3,(H,23,26)/p+2. The van der Waals surface area contributed by atoms with Gasteiger partial charge in [-0.3, -0.25) is 4.79 Å². The molecule has 0 atom stereocenters. The first-order chi connectivity index (χ1) is 13.6. The molecule has 1 aliphatic heterocycles. The van der Waals surface area contributed by atoms with Gasteiger partial charge in [0.05, 0.1) is 7.11 Å². The van der Waals surface area contributed by atoms with Gasteiger partial charge in [-0.05, 0) is 42.5 Å². The molecule has 7 heteroatoms. The number of halogens is 1. The highest BCUT2D eigenvalue weighted by molar-refractivity contribution is 6.30. The lowest BCUT2D eigenvalue weighted by Gasteiger charge is -2.29. The van der Waals surface area contributed by atoms with Crippen molar-refractivity contribution < 1.29 is 24.1 Å². The predicted octanol–water partition coefficient (Wildman–Crippen LogP) is 0.150. The Morgan fingerprint density at radius 2 is 1.71 bits per heavy atom. The molecule has 3 rings (SSSR count). The number of piperazine rings is 1. The maximum atomic E-state index is 12.2. The van der Waals surface area contributed by atoms with Crippen LogP contribution in [0.25, 0.3) is 0 Å². The Morgan fingerprint density at radius 1 is 1.04 bits per heavy atom. The molecule has 0 aromatic heterocycles. The van der Waals surface area contributed by atoms with E-state index in [4.69, 9.17) is 21.1 Å². The Kier molecular flexibility index (Phi) is 7.54. The van der Waals surface area contributed by atoms with Gasteiger partial charge in [0, 0.05) is 10.7 Å². The molecule has 0 unspecified atom stereocenters. The lowest BCUT2D eigenvalue weighted by molar-refractivity contribution is -1.01. The molecule has 0 saturated carbocycles. The molecular formula is C21H28ClN3O3+2. The molecule has 0 bridgehead atoms. The molecule has 150 valence electrons. The Morgan fingerprint density at radius 3 is 2.39 bits per heavy atom. The van der Waals surface area contributed by atoms with E-state index in [1.807, 2.05) is 36.4 Å². The molecule has 1 aliphatic rings. The Bertz CT molecular complexity index is 762. The number of methoxy groups -OCH3 is 1. The average molecular weight is 406 g/mol. The van der Waals surface area contributed by atoms with E-state index in [2.05, 4.69) is 5.32 Å². The smallest absolute Gasteiger partial charge is 0.279 e. The van der Waals surface area contributed by atoms with Crippen LogP contribution >= 0.6 is 11.6 Å². The summed E-state index contributed by atoms with van der Waals surface area (Å²) in [5, 5.41) is 3.55. The van der Waals surface area contributed by atoms with Crippen molar-refractivity contribution in [3.05, 3.63) is 53.6 Å². The number of anilines is 1. The molecule has 1 saturated heterocycles. The molecule has 1 heterocycles. The molecule has 2 aromatic carbocycles. The fourth-order valence-corrected chi connectivity index (χ4v) is 3.56. The van der Waals surface area contributed by atoms with Gasteiger partial charge in [0.25, 0.3) is 5.91 Å². The molecule has 0 spiro atoms. The SMILES string of the molecule is COc1ccc(OCC[NH+]2CC[NH+](CC(=O)Nc3cccc(Cl)c3)CC2)cc1. The fraction of sp³-hybridized carbons (Fsp3) is 0.381. The lowest BCUT2D eigenvalue weighted by atomic mass is 10.3. The molecule has 28 heavy (non-hydrogen) atoms. The second-order valence-electron chi connectivity index (χ2n) is 7.01. The van der Waals surface area contributed by atoms with E-state index in [0.29, 0.717) is 18.2 Å². The predicted molar refractivity (Wildman–Crippen MR) is 110 cm³/mol. The minimum atomic E-state index is 0.0311. The third-order valence-corrected chi connectivity index (χ3v) is 5.20.